The van der Waals surface area contributed by atoms with E-state index in [2.05, 4.69) is 10.3 Å². The molecule has 1 heterocycles. The van der Waals surface area contributed by atoms with Crippen LogP contribution < -0.4 is 5.32 Å². The molecule has 1 aromatic heterocycles. The van der Waals surface area contributed by atoms with Crippen molar-refractivity contribution in [2.75, 3.05) is 6.54 Å². The summed E-state index contributed by atoms with van der Waals surface area (Å²) in [5.74, 6) is -1.07. The molecular formula is C15H19F2N3. The Morgan fingerprint density at radius 1 is 1.20 bits per heavy atom. The fourth-order valence-corrected chi connectivity index (χ4v) is 2.10. The lowest BCUT2D eigenvalue weighted by molar-refractivity contribution is 0.515. The molecule has 0 aliphatic rings. The molecule has 2 rings (SSSR count). The first-order valence-electron chi connectivity index (χ1n) is 6.80. The Bertz CT molecular complexity index is 506. The predicted molar refractivity (Wildman–Crippen MR) is 74.2 cm³/mol. The molecule has 0 aliphatic carbocycles. The molecule has 0 aliphatic heterocycles. The van der Waals surface area contributed by atoms with Crippen molar-refractivity contribution >= 4 is 0 Å². The van der Waals surface area contributed by atoms with Crippen LogP contribution in [0.25, 0.3) is 0 Å². The smallest absolute Gasteiger partial charge is 0.126 e. The van der Waals surface area contributed by atoms with Gasteiger partial charge >= 0.3 is 0 Å². The van der Waals surface area contributed by atoms with Gasteiger partial charge < -0.3 is 9.88 Å². The minimum Gasteiger partial charge on any atom is -0.337 e. The van der Waals surface area contributed by atoms with E-state index in [1.54, 1.807) is 12.5 Å². The predicted octanol–water partition coefficient (Wildman–Crippen LogP) is 3.29. The Labute approximate surface area is 117 Å². The van der Waals surface area contributed by atoms with Crippen molar-refractivity contribution in [3.05, 3.63) is 54.1 Å². The maximum absolute atomic E-state index is 13.1. The van der Waals surface area contributed by atoms with E-state index in [-0.39, 0.29) is 6.04 Å². The summed E-state index contributed by atoms with van der Waals surface area (Å²) >= 11 is 0. The van der Waals surface area contributed by atoms with Crippen LogP contribution in [-0.2, 0) is 6.54 Å². The van der Waals surface area contributed by atoms with Crippen LogP contribution in [-0.4, -0.2) is 16.1 Å². The van der Waals surface area contributed by atoms with Gasteiger partial charge in [0.15, 0.2) is 0 Å². The lowest BCUT2D eigenvalue weighted by Gasteiger charge is -2.14. The van der Waals surface area contributed by atoms with E-state index in [1.807, 2.05) is 17.7 Å². The first-order valence-corrected chi connectivity index (χ1v) is 6.80. The van der Waals surface area contributed by atoms with Crippen molar-refractivity contribution < 1.29 is 8.78 Å². The van der Waals surface area contributed by atoms with Crippen molar-refractivity contribution in [2.24, 2.45) is 0 Å². The zero-order chi connectivity index (χ0) is 14.4. The van der Waals surface area contributed by atoms with Gasteiger partial charge in [0.1, 0.15) is 11.6 Å². The maximum atomic E-state index is 13.1. The minimum atomic E-state index is -0.534. The number of nitrogens with one attached hydrogen (secondary N) is 1. The number of aromatic nitrogens is 2. The van der Waals surface area contributed by atoms with Gasteiger partial charge in [0, 0.05) is 31.0 Å². The molecule has 1 atom stereocenters. The summed E-state index contributed by atoms with van der Waals surface area (Å²) < 4.78 is 28.3. The molecule has 1 unspecified atom stereocenters. The maximum Gasteiger partial charge on any atom is 0.126 e. The number of hydrogen-bond donors (Lipinski definition) is 1. The molecule has 0 radical (unpaired) electrons. The Morgan fingerprint density at radius 2 is 1.95 bits per heavy atom. The SMILES string of the molecule is CC(NCCCCn1ccnc1)c1cc(F)cc(F)c1. The number of benzene rings is 1. The molecule has 2 aromatic rings. The van der Waals surface area contributed by atoms with Gasteiger partial charge in [-0.25, -0.2) is 13.8 Å². The van der Waals surface area contributed by atoms with Crippen molar-refractivity contribution in [1.82, 2.24) is 14.9 Å². The number of hydrogen-bond acceptors (Lipinski definition) is 2. The summed E-state index contributed by atoms with van der Waals surface area (Å²) in [6, 6.07) is 3.56. The minimum absolute atomic E-state index is 0.0616. The number of rotatable bonds is 7. The molecule has 0 bridgehead atoms. The lowest BCUT2D eigenvalue weighted by Crippen LogP contribution is -2.20. The van der Waals surface area contributed by atoms with E-state index in [9.17, 15) is 8.78 Å². The largest absolute Gasteiger partial charge is 0.337 e. The second-order valence-electron chi connectivity index (χ2n) is 4.89. The number of halogens is 2. The summed E-state index contributed by atoms with van der Waals surface area (Å²) in [5, 5.41) is 3.28. The van der Waals surface area contributed by atoms with Gasteiger partial charge in [-0.3, -0.25) is 0 Å². The molecule has 0 fully saturated rings. The molecule has 1 N–H and O–H groups in total. The Hall–Kier alpha value is -1.75. The van der Waals surface area contributed by atoms with Crippen LogP contribution >= 0.6 is 0 Å². The van der Waals surface area contributed by atoms with Gasteiger partial charge in [-0.1, -0.05) is 0 Å². The van der Waals surface area contributed by atoms with Crippen molar-refractivity contribution in [3.8, 4) is 0 Å². The van der Waals surface area contributed by atoms with Crippen LogP contribution in [0.3, 0.4) is 0 Å². The van der Waals surface area contributed by atoms with Gasteiger partial charge in [0.25, 0.3) is 0 Å². The van der Waals surface area contributed by atoms with Crippen molar-refractivity contribution in [1.29, 1.82) is 0 Å². The van der Waals surface area contributed by atoms with Crippen molar-refractivity contribution in [2.45, 2.75) is 32.4 Å². The number of nitrogens with zero attached hydrogens (tertiary/aromatic N) is 2. The highest BCUT2D eigenvalue weighted by molar-refractivity contribution is 5.20. The summed E-state index contributed by atoms with van der Waals surface area (Å²) in [6.45, 7) is 3.66. The van der Waals surface area contributed by atoms with Crippen LogP contribution in [0.5, 0.6) is 0 Å². The van der Waals surface area contributed by atoms with E-state index >= 15 is 0 Å². The molecule has 108 valence electrons. The normalized spacial score (nSPS) is 12.6. The third kappa shape index (κ3) is 4.42. The fraction of sp³-hybridized carbons (Fsp3) is 0.400. The third-order valence-electron chi connectivity index (χ3n) is 3.24. The molecule has 1 aromatic carbocycles. The van der Waals surface area contributed by atoms with Crippen LogP contribution in [0, 0.1) is 11.6 Å². The highest BCUT2D eigenvalue weighted by Crippen LogP contribution is 2.15. The molecule has 5 heteroatoms. The topological polar surface area (TPSA) is 29.9 Å². The average molecular weight is 279 g/mol. The van der Waals surface area contributed by atoms with Gasteiger partial charge in [0.2, 0.25) is 0 Å². The van der Waals surface area contributed by atoms with E-state index in [0.29, 0.717) is 5.56 Å². The first kappa shape index (κ1) is 14.7. The lowest BCUT2D eigenvalue weighted by atomic mass is 10.1. The number of unbranched alkanes of at least 4 members (excludes halogenated alkanes) is 1. The first-order chi connectivity index (χ1) is 9.65. The van der Waals surface area contributed by atoms with Gasteiger partial charge in [0.05, 0.1) is 6.33 Å². The van der Waals surface area contributed by atoms with Crippen molar-refractivity contribution in [3.63, 3.8) is 0 Å². The highest BCUT2D eigenvalue weighted by Gasteiger charge is 2.07. The zero-order valence-electron chi connectivity index (χ0n) is 11.5. The standard InChI is InChI=1S/C15H19F2N3/c1-12(13-8-14(16)10-15(17)9-13)19-4-2-3-6-20-7-5-18-11-20/h5,7-12,19H,2-4,6H2,1H3. The molecule has 20 heavy (non-hydrogen) atoms. The Morgan fingerprint density at radius 3 is 2.60 bits per heavy atom. The Balaban J connectivity index is 1.70. The van der Waals surface area contributed by atoms with E-state index in [0.717, 1.165) is 32.0 Å². The van der Waals surface area contributed by atoms with Crippen LogP contribution in [0.4, 0.5) is 8.78 Å². The second kappa shape index (κ2) is 7.14. The monoisotopic (exact) mass is 279 g/mol. The Kier molecular flexibility index (Phi) is 5.24. The van der Waals surface area contributed by atoms with Crippen LogP contribution in [0.15, 0.2) is 36.9 Å². The van der Waals surface area contributed by atoms with E-state index < -0.39 is 11.6 Å². The van der Waals surface area contributed by atoms with Gasteiger partial charge in [-0.2, -0.15) is 0 Å². The fourth-order valence-electron chi connectivity index (χ4n) is 2.10. The third-order valence-corrected chi connectivity index (χ3v) is 3.24. The quantitative estimate of drug-likeness (QED) is 0.788. The summed E-state index contributed by atoms with van der Waals surface area (Å²) in [5.41, 5.74) is 0.636. The molecule has 3 nitrogen and oxygen atoms in total. The summed E-state index contributed by atoms with van der Waals surface area (Å²) in [7, 11) is 0. The van der Waals surface area contributed by atoms with Gasteiger partial charge in [-0.05, 0) is 44.0 Å². The molecule has 0 saturated carbocycles. The molecule has 0 amide bonds. The molecule has 0 spiro atoms. The van der Waals surface area contributed by atoms with E-state index in [4.69, 9.17) is 0 Å². The molecular weight excluding hydrogens is 260 g/mol. The van der Waals surface area contributed by atoms with Crippen LogP contribution in [0.2, 0.25) is 0 Å². The zero-order valence-corrected chi connectivity index (χ0v) is 11.5. The van der Waals surface area contributed by atoms with E-state index in [1.165, 1.54) is 12.1 Å². The average Bonchev–Trinajstić information content (AvgIpc) is 2.90. The second-order valence-corrected chi connectivity index (χ2v) is 4.89. The van der Waals surface area contributed by atoms with Gasteiger partial charge in [-0.15, -0.1) is 0 Å². The van der Waals surface area contributed by atoms with Crippen LogP contribution in [0.1, 0.15) is 31.4 Å². The number of imidazole rings is 1. The number of aryl methyl sites for hydroxylation is 1. The highest BCUT2D eigenvalue weighted by atomic mass is 19.1. The summed E-state index contributed by atoms with van der Waals surface area (Å²) in [6.07, 6.45) is 7.53. The summed E-state index contributed by atoms with van der Waals surface area (Å²) in [4.78, 5) is 3.98. The molecule has 0 saturated heterocycles.